The molecule has 0 spiro atoms. The van der Waals surface area contributed by atoms with Crippen LogP contribution in [0, 0.1) is 0 Å². The quantitative estimate of drug-likeness (QED) is 0.659. The molecule has 0 radical (unpaired) electrons. The highest BCUT2D eigenvalue weighted by Crippen LogP contribution is 2.04. The van der Waals surface area contributed by atoms with E-state index in [0.29, 0.717) is 12.5 Å². The Kier molecular flexibility index (Phi) is 6.25. The maximum Gasteiger partial charge on any atom is 0.223 e. The lowest BCUT2D eigenvalue weighted by molar-refractivity contribution is -0.131. The molecule has 0 bridgehead atoms. The molecule has 0 saturated heterocycles. The third kappa shape index (κ3) is 4.00. The van der Waals surface area contributed by atoms with E-state index >= 15 is 0 Å². The number of nitrogens with zero attached hydrogens (tertiary/aromatic N) is 1. The molecule has 0 aromatic heterocycles. The van der Waals surface area contributed by atoms with Gasteiger partial charge >= 0.3 is 0 Å². The van der Waals surface area contributed by atoms with Crippen LogP contribution in [0.1, 0.15) is 26.7 Å². The lowest BCUT2D eigenvalue weighted by atomic mass is 10.2. The minimum absolute atomic E-state index is 0.263. The van der Waals surface area contributed by atoms with Crippen LogP contribution in [0.25, 0.3) is 0 Å². The van der Waals surface area contributed by atoms with Crippen molar-refractivity contribution >= 4 is 17.7 Å². The first kappa shape index (κ1) is 11.8. The molecule has 0 aromatic rings. The molecule has 0 aliphatic rings. The number of rotatable bonds is 5. The summed E-state index contributed by atoms with van der Waals surface area (Å²) in [4.78, 5) is 13.3. The zero-order chi connectivity index (χ0) is 9.56. The molecule has 0 aliphatic heterocycles. The van der Waals surface area contributed by atoms with Crippen molar-refractivity contribution < 1.29 is 4.79 Å². The standard InChI is InChI=1S/C9H19NOS/c1-5-8(2)10(3)9(11)6-7-12-4/h8H,5-7H2,1-4H3/t8-/m0/s1. The summed E-state index contributed by atoms with van der Waals surface area (Å²) in [5.41, 5.74) is 0. The third-order valence-electron chi connectivity index (χ3n) is 2.17. The second-order valence-electron chi connectivity index (χ2n) is 3.00. The number of hydrogen-bond donors (Lipinski definition) is 0. The first-order valence-electron chi connectivity index (χ1n) is 4.38. The number of hydrogen-bond acceptors (Lipinski definition) is 2. The van der Waals surface area contributed by atoms with Gasteiger partial charge in [-0.1, -0.05) is 6.92 Å². The Morgan fingerprint density at radius 2 is 2.17 bits per heavy atom. The summed E-state index contributed by atoms with van der Waals surface area (Å²) in [5.74, 6) is 1.19. The van der Waals surface area contributed by atoms with Gasteiger partial charge in [0.25, 0.3) is 0 Å². The SMILES string of the molecule is CC[C@H](C)N(C)C(=O)CCSC. The minimum atomic E-state index is 0.263. The first-order chi connectivity index (χ1) is 5.63. The smallest absolute Gasteiger partial charge is 0.223 e. The van der Waals surface area contributed by atoms with Crippen LogP contribution >= 0.6 is 11.8 Å². The second-order valence-corrected chi connectivity index (χ2v) is 3.99. The fourth-order valence-electron chi connectivity index (χ4n) is 0.885. The predicted octanol–water partition coefficient (Wildman–Crippen LogP) is 2.00. The Labute approximate surface area is 79.7 Å². The van der Waals surface area contributed by atoms with E-state index in [1.54, 1.807) is 11.8 Å². The van der Waals surface area contributed by atoms with Crippen LogP contribution in [-0.2, 0) is 4.79 Å². The average molecular weight is 189 g/mol. The molecule has 1 atom stereocenters. The van der Waals surface area contributed by atoms with Gasteiger partial charge in [0.2, 0.25) is 5.91 Å². The van der Waals surface area contributed by atoms with Crippen molar-refractivity contribution in [2.24, 2.45) is 0 Å². The molecule has 72 valence electrons. The topological polar surface area (TPSA) is 20.3 Å². The van der Waals surface area contributed by atoms with E-state index in [4.69, 9.17) is 0 Å². The van der Waals surface area contributed by atoms with Crippen molar-refractivity contribution in [3.63, 3.8) is 0 Å². The van der Waals surface area contributed by atoms with Gasteiger partial charge in [-0.25, -0.2) is 0 Å². The van der Waals surface area contributed by atoms with Gasteiger partial charge in [0.05, 0.1) is 0 Å². The number of thioether (sulfide) groups is 1. The zero-order valence-corrected chi connectivity index (χ0v) is 9.28. The van der Waals surface area contributed by atoms with E-state index in [0.717, 1.165) is 12.2 Å². The van der Waals surface area contributed by atoms with Crippen LogP contribution in [0.4, 0.5) is 0 Å². The summed E-state index contributed by atoms with van der Waals surface area (Å²) in [6, 6.07) is 0.374. The van der Waals surface area contributed by atoms with E-state index in [-0.39, 0.29) is 5.91 Å². The maximum absolute atomic E-state index is 11.4. The summed E-state index contributed by atoms with van der Waals surface area (Å²) < 4.78 is 0. The number of carbonyl (C=O) groups is 1. The molecule has 0 unspecified atom stereocenters. The van der Waals surface area contributed by atoms with Crippen LogP contribution in [-0.4, -0.2) is 35.9 Å². The molecule has 3 heteroatoms. The monoisotopic (exact) mass is 189 g/mol. The molecule has 1 amide bonds. The van der Waals surface area contributed by atoms with Crippen LogP contribution in [0.5, 0.6) is 0 Å². The van der Waals surface area contributed by atoms with Crippen molar-refractivity contribution in [3.8, 4) is 0 Å². The minimum Gasteiger partial charge on any atom is -0.343 e. The molecule has 12 heavy (non-hydrogen) atoms. The summed E-state index contributed by atoms with van der Waals surface area (Å²) in [6.45, 7) is 4.18. The molecule has 0 rings (SSSR count). The lowest BCUT2D eigenvalue weighted by Crippen LogP contribution is -2.34. The Morgan fingerprint density at radius 3 is 2.58 bits per heavy atom. The molecule has 2 nitrogen and oxygen atoms in total. The average Bonchev–Trinajstić information content (AvgIpc) is 2.11. The van der Waals surface area contributed by atoms with Crippen molar-refractivity contribution in [1.29, 1.82) is 0 Å². The summed E-state index contributed by atoms with van der Waals surface area (Å²) in [7, 11) is 1.89. The Balaban J connectivity index is 3.75. The highest BCUT2D eigenvalue weighted by atomic mass is 32.2. The molecule has 0 aromatic carbocycles. The highest BCUT2D eigenvalue weighted by molar-refractivity contribution is 7.98. The van der Waals surface area contributed by atoms with Crippen LogP contribution < -0.4 is 0 Å². The molecule has 0 fully saturated rings. The van der Waals surface area contributed by atoms with Crippen molar-refractivity contribution in [2.45, 2.75) is 32.7 Å². The third-order valence-corrected chi connectivity index (χ3v) is 2.78. The van der Waals surface area contributed by atoms with Gasteiger partial charge in [-0.05, 0) is 19.6 Å². The fourth-order valence-corrected chi connectivity index (χ4v) is 1.26. The van der Waals surface area contributed by atoms with Gasteiger partial charge in [-0.3, -0.25) is 4.79 Å². The number of amides is 1. The van der Waals surface area contributed by atoms with Gasteiger partial charge in [0.1, 0.15) is 0 Å². The predicted molar refractivity (Wildman–Crippen MR) is 55.5 cm³/mol. The largest absolute Gasteiger partial charge is 0.343 e. The van der Waals surface area contributed by atoms with E-state index in [2.05, 4.69) is 13.8 Å². The van der Waals surface area contributed by atoms with Gasteiger partial charge < -0.3 is 4.90 Å². The normalized spacial score (nSPS) is 12.7. The van der Waals surface area contributed by atoms with E-state index in [1.807, 2.05) is 18.2 Å². The summed E-state index contributed by atoms with van der Waals surface area (Å²) in [5, 5.41) is 0. The molecular weight excluding hydrogens is 170 g/mol. The highest BCUT2D eigenvalue weighted by Gasteiger charge is 2.12. The van der Waals surface area contributed by atoms with Crippen LogP contribution in [0.15, 0.2) is 0 Å². The molecule has 0 heterocycles. The maximum atomic E-state index is 11.4. The van der Waals surface area contributed by atoms with Gasteiger partial charge in [-0.2, -0.15) is 11.8 Å². The van der Waals surface area contributed by atoms with Crippen LogP contribution in [0.3, 0.4) is 0 Å². The number of carbonyl (C=O) groups excluding carboxylic acids is 1. The van der Waals surface area contributed by atoms with Gasteiger partial charge in [-0.15, -0.1) is 0 Å². The van der Waals surface area contributed by atoms with Crippen LogP contribution in [0.2, 0.25) is 0 Å². The van der Waals surface area contributed by atoms with Crippen molar-refractivity contribution in [1.82, 2.24) is 4.90 Å². The zero-order valence-electron chi connectivity index (χ0n) is 8.46. The van der Waals surface area contributed by atoms with Gasteiger partial charge in [0, 0.05) is 25.3 Å². The van der Waals surface area contributed by atoms with E-state index in [9.17, 15) is 4.79 Å². The fraction of sp³-hybridized carbons (Fsp3) is 0.889. The van der Waals surface area contributed by atoms with E-state index in [1.165, 1.54) is 0 Å². The summed E-state index contributed by atoms with van der Waals surface area (Å²) >= 11 is 1.72. The molecule has 0 saturated carbocycles. The van der Waals surface area contributed by atoms with Crippen molar-refractivity contribution in [2.75, 3.05) is 19.1 Å². The van der Waals surface area contributed by atoms with Crippen molar-refractivity contribution in [3.05, 3.63) is 0 Å². The first-order valence-corrected chi connectivity index (χ1v) is 5.77. The lowest BCUT2D eigenvalue weighted by Gasteiger charge is -2.23. The molecule has 0 aliphatic carbocycles. The Morgan fingerprint density at radius 1 is 1.58 bits per heavy atom. The molecule has 0 N–H and O–H groups in total. The summed E-state index contributed by atoms with van der Waals surface area (Å²) in [6.07, 6.45) is 3.72. The second kappa shape index (κ2) is 6.35. The Bertz CT molecular complexity index is 138. The Hall–Kier alpha value is -0.180. The molecular formula is C9H19NOS. The van der Waals surface area contributed by atoms with E-state index < -0.39 is 0 Å². The van der Waals surface area contributed by atoms with Gasteiger partial charge in [0.15, 0.2) is 0 Å².